The molecule has 1 N–H and O–H groups in total. The summed E-state index contributed by atoms with van der Waals surface area (Å²) in [4.78, 5) is 12.9. The molecule has 0 unspecified atom stereocenters. The number of hydrogen-bond donors (Lipinski definition) is 1. The van der Waals surface area contributed by atoms with Crippen LogP contribution in [-0.2, 0) is 21.4 Å². The van der Waals surface area contributed by atoms with Crippen molar-refractivity contribution in [3.8, 4) is 5.75 Å². The van der Waals surface area contributed by atoms with E-state index >= 15 is 0 Å². The molecule has 0 saturated carbocycles. The maximum Gasteiger partial charge on any atom is 0.264 e. The number of nitrogens with one attached hydrogen (secondary N) is 1. The molecule has 3 aromatic carbocycles. The normalized spacial score (nSPS) is 15.8. The molecule has 0 bridgehead atoms. The van der Waals surface area contributed by atoms with Crippen molar-refractivity contribution in [1.29, 1.82) is 0 Å². The Morgan fingerprint density at radius 2 is 1.70 bits per heavy atom. The smallest absolute Gasteiger partial charge is 0.264 e. The Hall–Kier alpha value is -3.03. The van der Waals surface area contributed by atoms with Crippen LogP contribution in [0.4, 0.5) is 5.69 Å². The molecule has 0 spiro atoms. The maximum atomic E-state index is 13.3. The van der Waals surface area contributed by atoms with Gasteiger partial charge in [-0.1, -0.05) is 60.1 Å². The summed E-state index contributed by atoms with van der Waals surface area (Å²) in [7, 11) is -3.91. The number of benzene rings is 3. The third kappa shape index (κ3) is 4.13. The van der Waals surface area contributed by atoms with Crippen molar-refractivity contribution >= 4 is 33.2 Å². The lowest BCUT2D eigenvalue weighted by molar-refractivity contribution is -0.127. The van der Waals surface area contributed by atoms with E-state index in [4.69, 9.17) is 16.3 Å². The van der Waals surface area contributed by atoms with Crippen molar-refractivity contribution < 1.29 is 17.9 Å². The minimum Gasteiger partial charge on any atom is -0.476 e. The van der Waals surface area contributed by atoms with Gasteiger partial charge in [0.05, 0.1) is 17.1 Å². The zero-order valence-electron chi connectivity index (χ0n) is 15.9. The zero-order valence-corrected chi connectivity index (χ0v) is 17.4. The molecule has 1 aliphatic heterocycles. The van der Waals surface area contributed by atoms with Gasteiger partial charge in [0.25, 0.3) is 15.9 Å². The molecule has 8 heteroatoms. The predicted octanol–water partition coefficient (Wildman–Crippen LogP) is 3.61. The van der Waals surface area contributed by atoms with E-state index in [1.54, 1.807) is 30.3 Å². The largest absolute Gasteiger partial charge is 0.476 e. The number of carbonyl (C=O) groups excluding carboxylic acids is 1. The number of anilines is 1. The third-order valence-corrected chi connectivity index (χ3v) is 6.75. The first kappa shape index (κ1) is 20.3. The van der Waals surface area contributed by atoms with Gasteiger partial charge in [-0.3, -0.25) is 9.10 Å². The summed E-state index contributed by atoms with van der Waals surface area (Å²) >= 11 is 6.10. The van der Waals surface area contributed by atoms with E-state index in [0.717, 1.165) is 5.56 Å². The highest BCUT2D eigenvalue weighted by molar-refractivity contribution is 7.92. The van der Waals surface area contributed by atoms with Crippen LogP contribution in [-0.4, -0.2) is 27.0 Å². The SMILES string of the molecule is O=C(NCc1ccccc1)[C@H]1CN(S(=O)(=O)c2ccccc2)c2cc(Cl)ccc2O1. The summed E-state index contributed by atoms with van der Waals surface area (Å²) in [6, 6.07) is 22.2. The van der Waals surface area contributed by atoms with Gasteiger partial charge in [-0.05, 0) is 35.9 Å². The van der Waals surface area contributed by atoms with Gasteiger partial charge >= 0.3 is 0 Å². The first-order valence-corrected chi connectivity index (χ1v) is 11.1. The minimum absolute atomic E-state index is 0.126. The molecule has 0 aliphatic carbocycles. The Morgan fingerprint density at radius 3 is 2.40 bits per heavy atom. The van der Waals surface area contributed by atoms with Gasteiger partial charge in [0.1, 0.15) is 5.75 Å². The highest BCUT2D eigenvalue weighted by Crippen LogP contribution is 2.38. The van der Waals surface area contributed by atoms with Gasteiger partial charge in [0.15, 0.2) is 6.10 Å². The molecule has 1 aliphatic rings. The van der Waals surface area contributed by atoms with Gasteiger partial charge in [-0.15, -0.1) is 0 Å². The van der Waals surface area contributed by atoms with Gasteiger partial charge in [-0.2, -0.15) is 0 Å². The molecule has 0 radical (unpaired) electrons. The van der Waals surface area contributed by atoms with E-state index in [1.807, 2.05) is 30.3 Å². The second kappa shape index (κ2) is 8.38. The number of halogens is 1. The van der Waals surface area contributed by atoms with Crippen molar-refractivity contribution in [2.45, 2.75) is 17.5 Å². The van der Waals surface area contributed by atoms with Crippen LogP contribution < -0.4 is 14.4 Å². The summed E-state index contributed by atoms with van der Waals surface area (Å²) in [5, 5.41) is 3.18. The Balaban J connectivity index is 1.63. The Labute approximate surface area is 180 Å². The van der Waals surface area contributed by atoms with Crippen LogP contribution in [0.5, 0.6) is 5.75 Å². The van der Waals surface area contributed by atoms with E-state index in [2.05, 4.69) is 5.32 Å². The monoisotopic (exact) mass is 442 g/mol. The number of rotatable bonds is 5. The molecule has 6 nitrogen and oxygen atoms in total. The summed E-state index contributed by atoms with van der Waals surface area (Å²) in [6.45, 7) is 0.156. The van der Waals surface area contributed by atoms with Crippen LogP contribution in [0, 0.1) is 0 Å². The first-order valence-electron chi connectivity index (χ1n) is 9.31. The van der Waals surface area contributed by atoms with Crippen molar-refractivity contribution in [2.75, 3.05) is 10.8 Å². The minimum atomic E-state index is -3.91. The highest BCUT2D eigenvalue weighted by atomic mass is 35.5. The van der Waals surface area contributed by atoms with Gasteiger partial charge in [-0.25, -0.2) is 8.42 Å². The molecule has 1 amide bonds. The van der Waals surface area contributed by atoms with E-state index in [9.17, 15) is 13.2 Å². The molecular weight excluding hydrogens is 424 g/mol. The number of carbonyl (C=O) groups is 1. The first-order chi connectivity index (χ1) is 14.4. The fraction of sp³-hybridized carbons (Fsp3) is 0.136. The quantitative estimate of drug-likeness (QED) is 0.655. The average molecular weight is 443 g/mol. The highest BCUT2D eigenvalue weighted by Gasteiger charge is 2.37. The Kier molecular flexibility index (Phi) is 5.65. The molecule has 1 heterocycles. The van der Waals surface area contributed by atoms with Crippen molar-refractivity contribution in [1.82, 2.24) is 5.32 Å². The standard InChI is InChI=1S/C22H19ClN2O4S/c23-17-11-12-20-19(13-17)25(30(27,28)18-9-5-2-6-10-18)15-21(29-20)22(26)24-14-16-7-3-1-4-8-16/h1-13,21H,14-15H2,(H,24,26)/t21-/m1/s1. The van der Waals surface area contributed by atoms with E-state index in [0.29, 0.717) is 17.3 Å². The van der Waals surface area contributed by atoms with E-state index < -0.39 is 22.0 Å². The predicted molar refractivity (Wildman–Crippen MR) is 115 cm³/mol. The van der Waals surface area contributed by atoms with Crippen LogP contribution >= 0.6 is 11.6 Å². The van der Waals surface area contributed by atoms with Crippen molar-refractivity contribution in [3.05, 3.63) is 89.4 Å². The summed E-state index contributed by atoms with van der Waals surface area (Å²) in [5.41, 5.74) is 1.24. The average Bonchev–Trinajstić information content (AvgIpc) is 2.78. The topological polar surface area (TPSA) is 75.7 Å². The number of sulfonamides is 1. The Morgan fingerprint density at radius 1 is 1.03 bits per heavy atom. The molecule has 0 fully saturated rings. The maximum absolute atomic E-state index is 13.3. The molecule has 154 valence electrons. The van der Waals surface area contributed by atoms with Gasteiger partial charge in [0.2, 0.25) is 0 Å². The lowest BCUT2D eigenvalue weighted by Gasteiger charge is -2.34. The van der Waals surface area contributed by atoms with Crippen LogP contribution in [0.15, 0.2) is 83.8 Å². The second-order valence-electron chi connectivity index (χ2n) is 6.77. The molecule has 0 aromatic heterocycles. The zero-order chi connectivity index (χ0) is 21.1. The third-order valence-electron chi connectivity index (χ3n) is 4.72. The Bertz CT molecular complexity index is 1150. The second-order valence-corrected chi connectivity index (χ2v) is 9.07. The fourth-order valence-corrected chi connectivity index (χ4v) is 4.86. The van der Waals surface area contributed by atoms with Crippen LogP contribution in [0.3, 0.4) is 0 Å². The van der Waals surface area contributed by atoms with Crippen molar-refractivity contribution in [2.24, 2.45) is 0 Å². The van der Waals surface area contributed by atoms with Crippen molar-refractivity contribution in [3.63, 3.8) is 0 Å². The summed E-state index contributed by atoms with van der Waals surface area (Å²) in [6.07, 6.45) is -0.999. The van der Waals surface area contributed by atoms with E-state index in [-0.39, 0.29) is 17.2 Å². The molecule has 30 heavy (non-hydrogen) atoms. The van der Waals surface area contributed by atoms with Crippen LogP contribution in [0.25, 0.3) is 0 Å². The van der Waals surface area contributed by atoms with Crippen LogP contribution in [0.2, 0.25) is 5.02 Å². The molecular formula is C22H19ClN2O4S. The number of hydrogen-bond acceptors (Lipinski definition) is 4. The molecule has 3 aromatic rings. The van der Waals surface area contributed by atoms with Crippen LogP contribution in [0.1, 0.15) is 5.56 Å². The fourth-order valence-electron chi connectivity index (χ4n) is 3.21. The van der Waals surface area contributed by atoms with E-state index in [1.165, 1.54) is 22.5 Å². The molecule has 1 atom stereocenters. The number of nitrogens with zero attached hydrogens (tertiary/aromatic N) is 1. The number of amides is 1. The number of fused-ring (bicyclic) bond motifs is 1. The lowest BCUT2D eigenvalue weighted by Crippen LogP contribution is -2.50. The van der Waals surface area contributed by atoms with Gasteiger partial charge in [0, 0.05) is 11.6 Å². The summed E-state index contributed by atoms with van der Waals surface area (Å²) < 4.78 is 33.6. The molecule has 0 saturated heterocycles. The summed E-state index contributed by atoms with van der Waals surface area (Å²) in [5.74, 6) is -0.113. The molecule has 4 rings (SSSR count). The lowest BCUT2D eigenvalue weighted by atomic mass is 10.2. The van der Waals surface area contributed by atoms with Gasteiger partial charge < -0.3 is 10.1 Å². The number of ether oxygens (including phenoxy) is 1.